The molecule has 0 aliphatic rings. The largest absolute Gasteiger partial charge is 0.497 e. The van der Waals surface area contributed by atoms with E-state index >= 15 is 0 Å². The van der Waals surface area contributed by atoms with E-state index < -0.39 is 6.10 Å². The average molecular weight is 294 g/mol. The average Bonchev–Trinajstić information content (AvgIpc) is 2.48. The highest BCUT2D eigenvalue weighted by molar-refractivity contribution is 6.31. The van der Waals surface area contributed by atoms with Crippen LogP contribution in [0.1, 0.15) is 17.2 Å². The Balaban J connectivity index is 2.24. The maximum Gasteiger partial charge on any atom is 0.122 e. The summed E-state index contributed by atoms with van der Waals surface area (Å²) < 4.78 is 10.4. The van der Waals surface area contributed by atoms with Gasteiger partial charge in [-0.05, 0) is 29.3 Å². The van der Waals surface area contributed by atoms with Crippen molar-refractivity contribution in [3.8, 4) is 11.5 Å². The number of nitrogens with zero attached hydrogens (tertiary/aromatic N) is 1. The fraction of sp³-hybridized carbons (Fsp3) is 0.267. The van der Waals surface area contributed by atoms with Crippen LogP contribution in [0.3, 0.4) is 0 Å². The second-order valence-electron chi connectivity index (χ2n) is 4.33. The van der Waals surface area contributed by atoms with Crippen molar-refractivity contribution in [1.82, 2.24) is 4.98 Å². The van der Waals surface area contributed by atoms with E-state index in [0.717, 1.165) is 5.56 Å². The molecule has 0 aliphatic carbocycles. The SMILES string of the molecule is COc1cc(OC)cc(C(O)Cc2ccncc2Cl)c1. The number of aliphatic hydroxyl groups is 1. The zero-order chi connectivity index (χ0) is 14.5. The molecule has 0 fully saturated rings. The minimum atomic E-state index is -0.695. The second-order valence-corrected chi connectivity index (χ2v) is 4.74. The second kappa shape index (κ2) is 6.59. The number of methoxy groups -OCH3 is 2. The molecule has 0 spiro atoms. The summed E-state index contributed by atoms with van der Waals surface area (Å²) in [7, 11) is 3.15. The number of halogens is 1. The number of benzene rings is 1. The third-order valence-corrected chi connectivity index (χ3v) is 3.37. The molecule has 1 unspecified atom stereocenters. The first-order valence-corrected chi connectivity index (χ1v) is 6.51. The van der Waals surface area contributed by atoms with Crippen LogP contribution in [-0.4, -0.2) is 24.3 Å². The molecule has 1 atom stereocenters. The fourth-order valence-electron chi connectivity index (χ4n) is 1.92. The van der Waals surface area contributed by atoms with Gasteiger partial charge in [-0.15, -0.1) is 0 Å². The van der Waals surface area contributed by atoms with E-state index in [1.54, 1.807) is 50.9 Å². The van der Waals surface area contributed by atoms with E-state index in [4.69, 9.17) is 21.1 Å². The van der Waals surface area contributed by atoms with E-state index in [9.17, 15) is 5.11 Å². The van der Waals surface area contributed by atoms with Gasteiger partial charge in [-0.25, -0.2) is 0 Å². The van der Waals surface area contributed by atoms with E-state index in [0.29, 0.717) is 28.5 Å². The Hall–Kier alpha value is -1.78. The molecule has 20 heavy (non-hydrogen) atoms. The summed E-state index contributed by atoms with van der Waals surface area (Å²) in [5.41, 5.74) is 1.56. The molecule has 2 rings (SSSR count). The van der Waals surface area contributed by atoms with Gasteiger partial charge in [-0.2, -0.15) is 0 Å². The summed E-state index contributed by atoms with van der Waals surface area (Å²) in [6, 6.07) is 7.11. The van der Waals surface area contributed by atoms with Gasteiger partial charge >= 0.3 is 0 Å². The molecule has 4 nitrogen and oxygen atoms in total. The van der Waals surface area contributed by atoms with Gasteiger partial charge in [0, 0.05) is 24.9 Å². The summed E-state index contributed by atoms with van der Waals surface area (Å²) in [6.45, 7) is 0. The summed E-state index contributed by atoms with van der Waals surface area (Å²) in [5, 5.41) is 10.9. The van der Waals surface area contributed by atoms with Gasteiger partial charge in [0.2, 0.25) is 0 Å². The Kier molecular flexibility index (Phi) is 4.82. The first-order chi connectivity index (χ1) is 9.63. The fourth-order valence-corrected chi connectivity index (χ4v) is 2.11. The molecule has 0 saturated heterocycles. The number of hydrogen-bond acceptors (Lipinski definition) is 4. The monoisotopic (exact) mass is 293 g/mol. The van der Waals surface area contributed by atoms with Crippen molar-refractivity contribution in [2.45, 2.75) is 12.5 Å². The van der Waals surface area contributed by atoms with Crippen LogP contribution in [0.4, 0.5) is 0 Å². The molecule has 0 aliphatic heterocycles. The van der Waals surface area contributed by atoms with E-state index in [1.807, 2.05) is 0 Å². The van der Waals surface area contributed by atoms with Crippen molar-refractivity contribution in [3.63, 3.8) is 0 Å². The highest BCUT2D eigenvalue weighted by Crippen LogP contribution is 2.29. The molecule has 5 heteroatoms. The third-order valence-electron chi connectivity index (χ3n) is 3.03. The zero-order valence-corrected chi connectivity index (χ0v) is 12.1. The van der Waals surface area contributed by atoms with Crippen molar-refractivity contribution in [1.29, 1.82) is 0 Å². The van der Waals surface area contributed by atoms with Gasteiger partial charge in [-0.1, -0.05) is 11.6 Å². The molecule has 0 amide bonds. The van der Waals surface area contributed by atoms with E-state index in [1.165, 1.54) is 0 Å². The number of rotatable bonds is 5. The van der Waals surface area contributed by atoms with Crippen LogP contribution in [0.15, 0.2) is 36.7 Å². The Bertz CT molecular complexity index is 567. The molecule has 0 radical (unpaired) electrons. The van der Waals surface area contributed by atoms with Gasteiger partial charge in [0.15, 0.2) is 0 Å². The van der Waals surface area contributed by atoms with Crippen molar-refractivity contribution in [2.75, 3.05) is 14.2 Å². The quantitative estimate of drug-likeness (QED) is 0.920. The lowest BCUT2D eigenvalue weighted by Gasteiger charge is -2.14. The lowest BCUT2D eigenvalue weighted by molar-refractivity contribution is 0.177. The number of pyridine rings is 1. The summed E-state index contributed by atoms with van der Waals surface area (Å²) in [4.78, 5) is 3.93. The van der Waals surface area contributed by atoms with Gasteiger partial charge in [-0.3, -0.25) is 4.98 Å². The van der Waals surface area contributed by atoms with Crippen molar-refractivity contribution in [3.05, 3.63) is 52.8 Å². The zero-order valence-electron chi connectivity index (χ0n) is 11.3. The van der Waals surface area contributed by atoms with Crippen LogP contribution in [0.5, 0.6) is 11.5 Å². The molecule has 1 aromatic carbocycles. The lowest BCUT2D eigenvalue weighted by Crippen LogP contribution is -2.03. The maximum absolute atomic E-state index is 10.3. The van der Waals surface area contributed by atoms with Crippen LogP contribution >= 0.6 is 11.6 Å². The summed E-state index contributed by atoms with van der Waals surface area (Å²) >= 11 is 6.05. The predicted octanol–water partition coefficient (Wildman–Crippen LogP) is 3.03. The summed E-state index contributed by atoms with van der Waals surface area (Å²) in [6.07, 6.45) is 2.92. The van der Waals surface area contributed by atoms with E-state index in [-0.39, 0.29) is 0 Å². The molecule has 2 aromatic rings. The highest BCUT2D eigenvalue weighted by atomic mass is 35.5. The van der Waals surface area contributed by atoms with Crippen LogP contribution in [0, 0.1) is 0 Å². The Labute approximate surface area is 122 Å². The minimum Gasteiger partial charge on any atom is -0.497 e. The standard InChI is InChI=1S/C15H16ClNO3/c1-19-12-5-11(6-13(8-12)20-2)15(18)7-10-3-4-17-9-14(10)16/h3-6,8-9,15,18H,7H2,1-2H3. The molecule has 1 aromatic heterocycles. The third kappa shape index (κ3) is 3.40. The van der Waals surface area contributed by atoms with Gasteiger partial charge < -0.3 is 14.6 Å². The van der Waals surface area contributed by atoms with Crippen LogP contribution < -0.4 is 9.47 Å². The van der Waals surface area contributed by atoms with Crippen LogP contribution in [-0.2, 0) is 6.42 Å². The maximum atomic E-state index is 10.3. The predicted molar refractivity (Wildman–Crippen MR) is 77.5 cm³/mol. The van der Waals surface area contributed by atoms with Crippen molar-refractivity contribution >= 4 is 11.6 Å². The number of aliphatic hydroxyl groups excluding tert-OH is 1. The normalized spacial score (nSPS) is 12.0. The molecular formula is C15H16ClNO3. The van der Waals surface area contributed by atoms with Gasteiger partial charge in [0.25, 0.3) is 0 Å². The Morgan fingerprint density at radius 3 is 2.40 bits per heavy atom. The molecule has 0 saturated carbocycles. The number of ether oxygens (including phenoxy) is 2. The first kappa shape index (κ1) is 14.6. The molecule has 0 bridgehead atoms. The molecule has 1 heterocycles. The molecule has 106 valence electrons. The van der Waals surface area contributed by atoms with Crippen molar-refractivity contribution < 1.29 is 14.6 Å². The van der Waals surface area contributed by atoms with Crippen LogP contribution in [0.2, 0.25) is 5.02 Å². The highest BCUT2D eigenvalue weighted by Gasteiger charge is 2.13. The lowest BCUT2D eigenvalue weighted by atomic mass is 10.0. The topological polar surface area (TPSA) is 51.6 Å². The Morgan fingerprint density at radius 2 is 1.85 bits per heavy atom. The summed E-state index contributed by atoms with van der Waals surface area (Å²) in [5.74, 6) is 1.28. The number of aromatic nitrogens is 1. The van der Waals surface area contributed by atoms with Gasteiger partial charge in [0.1, 0.15) is 11.5 Å². The van der Waals surface area contributed by atoms with E-state index in [2.05, 4.69) is 4.98 Å². The minimum absolute atomic E-state index is 0.400. The van der Waals surface area contributed by atoms with Gasteiger partial charge in [0.05, 0.1) is 25.3 Å². The first-order valence-electron chi connectivity index (χ1n) is 6.13. The van der Waals surface area contributed by atoms with Crippen LogP contribution in [0.25, 0.3) is 0 Å². The van der Waals surface area contributed by atoms with Crippen molar-refractivity contribution in [2.24, 2.45) is 0 Å². The molecule has 1 N–H and O–H groups in total. The molecular weight excluding hydrogens is 278 g/mol. The Morgan fingerprint density at radius 1 is 1.20 bits per heavy atom. The smallest absolute Gasteiger partial charge is 0.122 e. The number of hydrogen-bond donors (Lipinski definition) is 1.